The molecule has 0 saturated carbocycles. The highest BCUT2D eigenvalue weighted by Crippen LogP contribution is 2.53. The van der Waals surface area contributed by atoms with E-state index in [0.29, 0.717) is 0 Å². The van der Waals surface area contributed by atoms with E-state index in [2.05, 4.69) is 146 Å². The lowest BCUT2D eigenvalue weighted by atomic mass is 10.1. The van der Waals surface area contributed by atoms with E-state index in [-0.39, 0.29) is 0 Å². The monoisotopic (exact) mass is 546 g/mol. The minimum Gasteiger partial charge on any atom is -0.0886 e. The largest absolute Gasteiger partial charge is 0.0886 e. The Labute approximate surface area is 236 Å². The molecule has 0 fully saturated rings. The molecule has 6 aromatic rings. The molecule has 0 saturated heterocycles. The summed E-state index contributed by atoms with van der Waals surface area (Å²) >= 11 is 0. The van der Waals surface area contributed by atoms with Gasteiger partial charge in [-0.05, 0) is 91.1 Å². The minimum absolute atomic E-state index is 1.23. The number of hydrogen-bond donors (Lipinski definition) is 0. The molecule has 6 aromatic carbocycles. The fourth-order valence-electron chi connectivity index (χ4n) is 6.80. The Kier molecular flexibility index (Phi) is 5.18. The SMILES string of the molecule is C=P1(c2cccc(-c3cccc(P4(=C)c5ccccc5-c5ccccc54)c3)c2)c2ccccc2-c2ccccc21. The van der Waals surface area contributed by atoms with Crippen molar-refractivity contribution in [3.63, 3.8) is 0 Å². The molecule has 0 N–H and O–H groups in total. The zero-order valence-corrected chi connectivity index (χ0v) is 24.0. The van der Waals surface area contributed by atoms with Crippen molar-refractivity contribution in [1.29, 1.82) is 0 Å². The van der Waals surface area contributed by atoms with Crippen LogP contribution < -0.4 is 31.8 Å². The Bertz CT molecular complexity index is 1830. The molecular weight excluding hydrogens is 518 g/mol. The first kappa shape index (κ1) is 23.8. The third kappa shape index (κ3) is 3.16. The maximum atomic E-state index is 5.00. The van der Waals surface area contributed by atoms with Crippen LogP contribution in [0.15, 0.2) is 146 Å². The molecule has 2 aliphatic rings. The minimum atomic E-state index is -1.99. The maximum Gasteiger partial charge on any atom is -0.00869 e. The van der Waals surface area contributed by atoms with Gasteiger partial charge in [0.15, 0.2) is 0 Å². The van der Waals surface area contributed by atoms with E-state index in [4.69, 9.17) is 12.6 Å². The van der Waals surface area contributed by atoms with Crippen LogP contribution in [0.25, 0.3) is 33.4 Å². The Hall–Kier alpha value is -4.08. The van der Waals surface area contributed by atoms with Crippen molar-refractivity contribution in [1.82, 2.24) is 0 Å². The van der Waals surface area contributed by atoms with E-state index < -0.39 is 13.8 Å². The molecule has 2 heteroatoms. The maximum absolute atomic E-state index is 5.00. The van der Waals surface area contributed by atoms with Gasteiger partial charge in [-0.3, -0.25) is 0 Å². The molecule has 0 atom stereocenters. The zero-order valence-electron chi connectivity index (χ0n) is 22.2. The zero-order chi connectivity index (χ0) is 26.9. The summed E-state index contributed by atoms with van der Waals surface area (Å²) in [6.45, 7) is -3.98. The number of hydrogen-bond acceptors (Lipinski definition) is 0. The van der Waals surface area contributed by atoms with Crippen LogP contribution in [0.3, 0.4) is 0 Å². The topological polar surface area (TPSA) is 0 Å². The van der Waals surface area contributed by atoms with Gasteiger partial charge in [0, 0.05) is 0 Å². The van der Waals surface area contributed by atoms with Gasteiger partial charge < -0.3 is 0 Å². The quantitative estimate of drug-likeness (QED) is 0.215. The second-order valence-corrected chi connectivity index (χ2v) is 17.0. The van der Waals surface area contributed by atoms with Crippen molar-refractivity contribution in [2.45, 2.75) is 0 Å². The van der Waals surface area contributed by atoms with Gasteiger partial charge in [0.25, 0.3) is 0 Å². The molecule has 0 bridgehead atoms. The van der Waals surface area contributed by atoms with E-state index >= 15 is 0 Å². The first-order valence-electron chi connectivity index (χ1n) is 13.7. The third-order valence-electron chi connectivity index (χ3n) is 8.75. The lowest BCUT2D eigenvalue weighted by molar-refractivity contribution is 1.66. The Morgan fingerprint density at radius 3 is 0.950 bits per heavy atom. The van der Waals surface area contributed by atoms with E-state index in [0.717, 1.165) is 0 Å². The van der Waals surface area contributed by atoms with Gasteiger partial charge in [0.1, 0.15) is 0 Å². The molecule has 2 aliphatic heterocycles. The molecule has 0 unspecified atom stereocenters. The highest BCUT2D eigenvalue weighted by atomic mass is 31.2. The number of benzene rings is 6. The van der Waals surface area contributed by atoms with Gasteiger partial charge in [0.2, 0.25) is 0 Å². The van der Waals surface area contributed by atoms with E-state index in [1.54, 1.807) is 0 Å². The predicted molar refractivity (Wildman–Crippen MR) is 182 cm³/mol. The molecule has 2 heterocycles. The normalized spacial score (nSPS) is 15.1. The Morgan fingerprint density at radius 2 is 0.625 bits per heavy atom. The summed E-state index contributed by atoms with van der Waals surface area (Å²) < 4.78 is 0. The first-order valence-corrected chi connectivity index (χ1v) is 17.6. The van der Waals surface area contributed by atoms with Crippen LogP contribution in [-0.2, 0) is 0 Å². The van der Waals surface area contributed by atoms with Gasteiger partial charge in [-0.1, -0.05) is 146 Å². The summed E-state index contributed by atoms with van der Waals surface area (Å²) in [5.74, 6) is 0. The van der Waals surface area contributed by atoms with Gasteiger partial charge in [0.05, 0.1) is 0 Å². The molecule has 0 amide bonds. The number of fused-ring (bicyclic) bond motifs is 6. The van der Waals surface area contributed by atoms with E-state index in [9.17, 15) is 0 Å². The van der Waals surface area contributed by atoms with E-state index in [1.807, 2.05) is 0 Å². The van der Waals surface area contributed by atoms with Crippen LogP contribution >= 0.6 is 13.8 Å². The van der Waals surface area contributed by atoms with Gasteiger partial charge >= 0.3 is 0 Å². The standard InChI is InChI=1S/C38H28P2/c1-39(35-21-7-3-17-31(35)32-18-4-8-22-36(32)39)29-15-11-13-27(25-29)28-14-12-16-30(26-28)40(2)37-23-9-5-19-33(37)34-20-6-10-24-38(34)40/h3-26H,1-2H2. The first-order chi connectivity index (χ1) is 19.6. The molecular formula is C38H28P2. The van der Waals surface area contributed by atoms with Crippen LogP contribution in [0, 0.1) is 0 Å². The second kappa shape index (κ2) is 8.71. The van der Waals surface area contributed by atoms with Crippen molar-refractivity contribution in [3.05, 3.63) is 146 Å². The van der Waals surface area contributed by atoms with Crippen LogP contribution in [0.5, 0.6) is 0 Å². The Balaban J connectivity index is 1.29. The van der Waals surface area contributed by atoms with E-state index in [1.165, 1.54) is 65.2 Å². The van der Waals surface area contributed by atoms with Gasteiger partial charge in [-0.25, -0.2) is 0 Å². The molecule has 40 heavy (non-hydrogen) atoms. The smallest absolute Gasteiger partial charge is 0.00869 e. The van der Waals surface area contributed by atoms with Crippen molar-refractivity contribution < 1.29 is 0 Å². The van der Waals surface area contributed by atoms with Gasteiger partial charge in [-0.15, -0.1) is 0 Å². The number of rotatable bonds is 3. The lowest BCUT2D eigenvalue weighted by Crippen LogP contribution is -2.22. The summed E-state index contributed by atoms with van der Waals surface area (Å²) in [5, 5.41) is 8.16. The fraction of sp³-hybridized carbons (Fsp3) is 0. The third-order valence-corrected chi connectivity index (χ3v) is 15.9. The van der Waals surface area contributed by atoms with Crippen molar-refractivity contribution >= 4 is 58.2 Å². The summed E-state index contributed by atoms with van der Waals surface area (Å²) in [6.07, 6.45) is 10.0. The van der Waals surface area contributed by atoms with Crippen molar-refractivity contribution in [2.75, 3.05) is 0 Å². The highest BCUT2D eigenvalue weighted by Gasteiger charge is 2.35. The fourth-order valence-corrected chi connectivity index (χ4v) is 13.6. The van der Waals surface area contributed by atoms with Crippen LogP contribution in [0.4, 0.5) is 0 Å². The molecule has 8 rings (SSSR count). The molecule has 0 aliphatic carbocycles. The van der Waals surface area contributed by atoms with Crippen LogP contribution in [0.2, 0.25) is 0 Å². The second-order valence-electron chi connectivity index (χ2n) is 10.8. The average Bonchev–Trinajstić information content (AvgIpc) is 3.45. The summed E-state index contributed by atoms with van der Waals surface area (Å²) in [6, 6.07) is 53.6. The van der Waals surface area contributed by atoms with Crippen LogP contribution in [-0.4, -0.2) is 12.6 Å². The molecule has 0 radical (unpaired) electrons. The predicted octanol–water partition coefficient (Wildman–Crippen LogP) is 6.77. The Morgan fingerprint density at radius 1 is 0.325 bits per heavy atom. The average molecular weight is 547 g/mol. The summed E-state index contributed by atoms with van der Waals surface area (Å²) in [7, 11) is 0. The molecule has 190 valence electrons. The lowest BCUT2D eigenvalue weighted by Gasteiger charge is -2.24. The van der Waals surface area contributed by atoms with Gasteiger partial charge in [-0.2, -0.15) is 0 Å². The van der Waals surface area contributed by atoms with Crippen LogP contribution in [0.1, 0.15) is 0 Å². The summed E-state index contributed by atoms with van der Waals surface area (Å²) in [4.78, 5) is 0. The molecule has 0 spiro atoms. The molecule has 0 aromatic heterocycles. The molecule has 0 nitrogen and oxygen atoms in total. The summed E-state index contributed by atoms with van der Waals surface area (Å²) in [5.41, 5.74) is 7.79. The van der Waals surface area contributed by atoms with Crippen molar-refractivity contribution in [3.8, 4) is 33.4 Å². The van der Waals surface area contributed by atoms with Crippen molar-refractivity contribution in [2.24, 2.45) is 0 Å². The highest BCUT2D eigenvalue weighted by molar-refractivity contribution is 7.94.